The van der Waals surface area contributed by atoms with E-state index < -0.39 is 0 Å². The first-order valence-electron chi connectivity index (χ1n) is 6.05. The van der Waals surface area contributed by atoms with Gasteiger partial charge in [-0.25, -0.2) is 4.98 Å². The van der Waals surface area contributed by atoms with Crippen molar-refractivity contribution in [2.45, 2.75) is 12.8 Å². The van der Waals surface area contributed by atoms with Gasteiger partial charge in [0.15, 0.2) is 0 Å². The van der Waals surface area contributed by atoms with E-state index in [1.54, 1.807) is 0 Å². The molecule has 3 rings (SSSR count). The predicted molar refractivity (Wildman–Crippen MR) is 70.3 cm³/mol. The van der Waals surface area contributed by atoms with E-state index in [0.717, 1.165) is 29.2 Å². The highest BCUT2D eigenvalue weighted by Crippen LogP contribution is 2.30. The molecule has 1 aromatic heterocycles. The number of anilines is 2. The van der Waals surface area contributed by atoms with Gasteiger partial charge in [0.2, 0.25) is 5.95 Å². The summed E-state index contributed by atoms with van der Waals surface area (Å²) in [7, 11) is 1.84. The molecule has 0 atom stereocenters. The third kappa shape index (κ3) is 2.16. The van der Waals surface area contributed by atoms with Gasteiger partial charge in [0.25, 0.3) is 0 Å². The molecule has 88 valence electrons. The minimum atomic E-state index is 0.669. The molecule has 1 aromatic carbocycles. The Bertz CT molecular complexity index is 534. The molecule has 0 bridgehead atoms. The summed E-state index contributed by atoms with van der Waals surface area (Å²) >= 11 is 0. The molecule has 0 spiro atoms. The topological polar surface area (TPSA) is 49.8 Å². The summed E-state index contributed by atoms with van der Waals surface area (Å²) in [6.07, 6.45) is 2.68. The van der Waals surface area contributed by atoms with Crippen molar-refractivity contribution in [3.8, 4) is 0 Å². The first kappa shape index (κ1) is 10.3. The molecule has 4 heteroatoms. The monoisotopic (exact) mass is 228 g/mol. The van der Waals surface area contributed by atoms with Crippen molar-refractivity contribution in [3.63, 3.8) is 0 Å². The van der Waals surface area contributed by atoms with Gasteiger partial charge in [-0.05, 0) is 30.9 Å². The Morgan fingerprint density at radius 2 is 2.06 bits per heavy atom. The lowest BCUT2D eigenvalue weighted by atomic mass is 10.2. The molecule has 0 amide bonds. The molecular weight excluding hydrogens is 212 g/mol. The van der Waals surface area contributed by atoms with Gasteiger partial charge in [-0.2, -0.15) is 4.98 Å². The van der Waals surface area contributed by atoms with Crippen LogP contribution in [0, 0.1) is 5.92 Å². The summed E-state index contributed by atoms with van der Waals surface area (Å²) in [4.78, 5) is 8.92. The van der Waals surface area contributed by atoms with Crippen LogP contribution in [0.1, 0.15) is 12.8 Å². The van der Waals surface area contributed by atoms with Gasteiger partial charge in [-0.1, -0.05) is 12.1 Å². The highest BCUT2D eigenvalue weighted by atomic mass is 15.1. The number of hydrogen-bond donors (Lipinski definition) is 2. The number of aromatic nitrogens is 2. The number of nitrogens with zero attached hydrogens (tertiary/aromatic N) is 2. The van der Waals surface area contributed by atoms with Crippen molar-refractivity contribution in [3.05, 3.63) is 24.3 Å². The van der Waals surface area contributed by atoms with Crippen molar-refractivity contribution in [2.75, 3.05) is 24.2 Å². The Hall–Kier alpha value is -1.84. The fraction of sp³-hybridized carbons (Fsp3) is 0.385. The summed E-state index contributed by atoms with van der Waals surface area (Å²) < 4.78 is 0. The number of para-hydroxylation sites is 1. The second-order valence-corrected chi connectivity index (χ2v) is 4.49. The van der Waals surface area contributed by atoms with E-state index in [9.17, 15) is 0 Å². The van der Waals surface area contributed by atoms with Gasteiger partial charge in [-0.15, -0.1) is 0 Å². The van der Waals surface area contributed by atoms with Gasteiger partial charge >= 0.3 is 0 Å². The molecule has 1 saturated carbocycles. The molecule has 0 saturated heterocycles. The minimum absolute atomic E-state index is 0.669. The molecule has 1 fully saturated rings. The Morgan fingerprint density at radius 3 is 2.82 bits per heavy atom. The van der Waals surface area contributed by atoms with E-state index in [1.807, 2.05) is 25.2 Å². The summed E-state index contributed by atoms with van der Waals surface area (Å²) in [5.74, 6) is 2.44. The van der Waals surface area contributed by atoms with Gasteiger partial charge in [0.05, 0.1) is 5.52 Å². The summed E-state index contributed by atoms with van der Waals surface area (Å²) in [6.45, 7) is 1.02. The number of benzene rings is 1. The molecule has 0 aliphatic heterocycles. The smallest absolute Gasteiger partial charge is 0.224 e. The van der Waals surface area contributed by atoms with E-state index in [1.165, 1.54) is 12.8 Å². The van der Waals surface area contributed by atoms with Gasteiger partial charge in [-0.3, -0.25) is 0 Å². The fourth-order valence-electron chi connectivity index (χ4n) is 1.89. The van der Waals surface area contributed by atoms with Crippen molar-refractivity contribution < 1.29 is 0 Å². The van der Waals surface area contributed by atoms with Crippen LogP contribution in [0.5, 0.6) is 0 Å². The lowest BCUT2D eigenvalue weighted by Gasteiger charge is -2.09. The third-order valence-corrected chi connectivity index (χ3v) is 3.08. The van der Waals surface area contributed by atoms with Crippen LogP contribution in [0.25, 0.3) is 10.9 Å². The molecule has 2 N–H and O–H groups in total. The van der Waals surface area contributed by atoms with E-state index in [0.29, 0.717) is 5.95 Å². The standard InChI is InChI=1S/C13H16N4/c1-14-13-16-11-5-3-2-4-10(11)12(17-13)15-8-9-6-7-9/h2-5,9H,6-8H2,1H3,(H2,14,15,16,17). The number of nitrogens with one attached hydrogen (secondary N) is 2. The zero-order chi connectivity index (χ0) is 11.7. The third-order valence-electron chi connectivity index (χ3n) is 3.08. The quantitative estimate of drug-likeness (QED) is 0.844. The summed E-state index contributed by atoms with van der Waals surface area (Å²) in [5.41, 5.74) is 0.977. The SMILES string of the molecule is CNc1nc(NCC2CC2)c2ccccc2n1. The molecule has 0 unspecified atom stereocenters. The van der Waals surface area contributed by atoms with E-state index in [2.05, 4.69) is 26.7 Å². The normalized spacial score (nSPS) is 14.9. The first-order valence-corrected chi connectivity index (χ1v) is 6.05. The van der Waals surface area contributed by atoms with Crippen LogP contribution in [-0.2, 0) is 0 Å². The van der Waals surface area contributed by atoms with Crippen LogP contribution in [0.2, 0.25) is 0 Å². The lowest BCUT2D eigenvalue weighted by molar-refractivity contribution is 0.884. The zero-order valence-corrected chi connectivity index (χ0v) is 9.90. The highest BCUT2D eigenvalue weighted by Gasteiger charge is 2.21. The Labute approximate surface area is 100 Å². The first-order chi connectivity index (χ1) is 8.36. The van der Waals surface area contributed by atoms with Crippen molar-refractivity contribution in [2.24, 2.45) is 5.92 Å². The largest absolute Gasteiger partial charge is 0.369 e. The Balaban J connectivity index is 1.99. The van der Waals surface area contributed by atoms with Crippen LogP contribution in [0.3, 0.4) is 0 Å². The average Bonchev–Trinajstić information content (AvgIpc) is 3.19. The van der Waals surface area contributed by atoms with Crippen molar-refractivity contribution in [1.82, 2.24) is 9.97 Å². The van der Waals surface area contributed by atoms with Crippen LogP contribution in [0.15, 0.2) is 24.3 Å². The minimum Gasteiger partial charge on any atom is -0.369 e. The Morgan fingerprint density at radius 1 is 1.24 bits per heavy atom. The van der Waals surface area contributed by atoms with E-state index in [-0.39, 0.29) is 0 Å². The summed E-state index contributed by atoms with van der Waals surface area (Å²) in [5, 5.41) is 7.52. The van der Waals surface area contributed by atoms with Crippen LogP contribution in [0.4, 0.5) is 11.8 Å². The molecule has 0 radical (unpaired) electrons. The molecule has 4 nitrogen and oxygen atoms in total. The molecule has 1 aliphatic carbocycles. The van der Waals surface area contributed by atoms with E-state index >= 15 is 0 Å². The van der Waals surface area contributed by atoms with Gasteiger partial charge < -0.3 is 10.6 Å². The number of fused-ring (bicyclic) bond motifs is 1. The van der Waals surface area contributed by atoms with E-state index in [4.69, 9.17) is 0 Å². The number of hydrogen-bond acceptors (Lipinski definition) is 4. The molecule has 1 heterocycles. The molecule has 17 heavy (non-hydrogen) atoms. The second-order valence-electron chi connectivity index (χ2n) is 4.49. The summed E-state index contributed by atoms with van der Waals surface area (Å²) in [6, 6.07) is 8.09. The maximum absolute atomic E-state index is 4.49. The van der Waals surface area contributed by atoms with Crippen molar-refractivity contribution >= 4 is 22.7 Å². The Kier molecular flexibility index (Phi) is 2.55. The maximum atomic E-state index is 4.49. The zero-order valence-electron chi connectivity index (χ0n) is 9.90. The van der Waals surface area contributed by atoms with Gasteiger partial charge in [0, 0.05) is 19.0 Å². The van der Waals surface area contributed by atoms with Crippen molar-refractivity contribution in [1.29, 1.82) is 0 Å². The second kappa shape index (κ2) is 4.20. The number of rotatable bonds is 4. The maximum Gasteiger partial charge on any atom is 0.224 e. The lowest BCUT2D eigenvalue weighted by Crippen LogP contribution is -2.08. The highest BCUT2D eigenvalue weighted by molar-refractivity contribution is 5.89. The van der Waals surface area contributed by atoms with Crippen LogP contribution in [-0.4, -0.2) is 23.6 Å². The average molecular weight is 228 g/mol. The molecular formula is C13H16N4. The molecule has 1 aliphatic rings. The van der Waals surface area contributed by atoms with Gasteiger partial charge in [0.1, 0.15) is 5.82 Å². The predicted octanol–water partition coefficient (Wildman–Crippen LogP) is 2.49. The molecule has 2 aromatic rings. The fourth-order valence-corrected chi connectivity index (χ4v) is 1.89. The van der Waals surface area contributed by atoms with Crippen LogP contribution < -0.4 is 10.6 Å². The van der Waals surface area contributed by atoms with Crippen LogP contribution >= 0.6 is 0 Å².